The Morgan fingerprint density at radius 3 is 2.58 bits per heavy atom. The number of nitrogens with one attached hydrogen (secondary N) is 1. The normalized spacial score (nSPS) is 9.95. The van der Waals surface area contributed by atoms with Gasteiger partial charge in [0.2, 0.25) is 0 Å². The van der Waals surface area contributed by atoms with E-state index in [1.54, 1.807) is 18.2 Å². The molecule has 0 heterocycles. The highest BCUT2D eigenvalue weighted by atomic mass is 16.5. The van der Waals surface area contributed by atoms with E-state index in [4.69, 9.17) is 4.74 Å². The Labute approximate surface area is 111 Å². The Balaban J connectivity index is 1.95. The molecular formula is C15H15NO3. The fourth-order valence-corrected chi connectivity index (χ4v) is 1.66. The van der Waals surface area contributed by atoms with Crippen LogP contribution in [0, 0.1) is 6.92 Å². The van der Waals surface area contributed by atoms with Gasteiger partial charge in [-0.1, -0.05) is 30.3 Å². The molecule has 2 N–H and O–H groups in total. The summed E-state index contributed by atoms with van der Waals surface area (Å²) in [5, 5.41) is 12.3. The number of para-hydroxylation sites is 2. The molecule has 4 nitrogen and oxygen atoms in total. The monoisotopic (exact) mass is 257 g/mol. The van der Waals surface area contributed by atoms with Gasteiger partial charge in [0, 0.05) is 0 Å². The number of hydrogen-bond donors (Lipinski definition) is 2. The second kappa shape index (κ2) is 5.91. The van der Waals surface area contributed by atoms with Crippen LogP contribution >= 0.6 is 0 Å². The van der Waals surface area contributed by atoms with E-state index in [1.807, 2.05) is 31.2 Å². The third-order valence-electron chi connectivity index (χ3n) is 2.63. The van der Waals surface area contributed by atoms with E-state index in [1.165, 1.54) is 6.07 Å². The number of phenolic OH excluding ortho intramolecular Hbond substituents is 1. The minimum absolute atomic E-state index is 0.0491. The molecule has 4 heteroatoms. The van der Waals surface area contributed by atoms with Crippen LogP contribution in [-0.2, 0) is 4.79 Å². The number of carbonyl (C=O) groups excluding carboxylic acids is 1. The van der Waals surface area contributed by atoms with Crippen LogP contribution < -0.4 is 10.1 Å². The lowest BCUT2D eigenvalue weighted by Gasteiger charge is -2.10. The number of rotatable bonds is 4. The van der Waals surface area contributed by atoms with Gasteiger partial charge in [0.15, 0.2) is 6.61 Å². The standard InChI is InChI=1S/C15H15NO3/c1-11-6-5-9-13(17)15(11)16-14(18)10-19-12-7-3-2-4-8-12/h2-9,17H,10H2,1H3,(H,16,18). The first-order valence-electron chi connectivity index (χ1n) is 5.93. The number of aromatic hydroxyl groups is 1. The number of carbonyl (C=O) groups is 1. The summed E-state index contributed by atoms with van der Waals surface area (Å²) in [5.41, 5.74) is 1.22. The van der Waals surface area contributed by atoms with Crippen molar-refractivity contribution < 1.29 is 14.6 Å². The number of benzene rings is 2. The molecule has 0 bridgehead atoms. The number of anilines is 1. The summed E-state index contributed by atoms with van der Waals surface area (Å²) in [5.74, 6) is 0.369. The Hall–Kier alpha value is -2.49. The number of aryl methyl sites for hydroxylation is 1. The largest absolute Gasteiger partial charge is 0.506 e. The van der Waals surface area contributed by atoms with Crippen molar-refractivity contribution >= 4 is 11.6 Å². The fraction of sp³-hybridized carbons (Fsp3) is 0.133. The Morgan fingerprint density at radius 1 is 1.16 bits per heavy atom. The summed E-state index contributed by atoms with van der Waals surface area (Å²) in [6.07, 6.45) is 0. The lowest BCUT2D eigenvalue weighted by molar-refractivity contribution is -0.118. The molecule has 0 unspecified atom stereocenters. The number of amides is 1. The third-order valence-corrected chi connectivity index (χ3v) is 2.63. The second-order valence-corrected chi connectivity index (χ2v) is 4.12. The van der Waals surface area contributed by atoms with E-state index in [0.717, 1.165) is 5.56 Å². The van der Waals surface area contributed by atoms with E-state index < -0.39 is 0 Å². The van der Waals surface area contributed by atoms with Crippen LogP contribution in [0.25, 0.3) is 0 Å². The third kappa shape index (κ3) is 3.48. The molecule has 0 aliphatic carbocycles. The van der Waals surface area contributed by atoms with Gasteiger partial charge in [-0.2, -0.15) is 0 Å². The Bertz CT molecular complexity index is 547. The maximum absolute atomic E-state index is 11.7. The molecule has 2 aromatic rings. The predicted molar refractivity (Wildman–Crippen MR) is 73.4 cm³/mol. The summed E-state index contributed by atoms with van der Waals surface area (Å²) in [6, 6.07) is 14.2. The lowest BCUT2D eigenvalue weighted by atomic mass is 10.2. The number of ether oxygens (including phenoxy) is 1. The first-order chi connectivity index (χ1) is 9.16. The zero-order valence-corrected chi connectivity index (χ0v) is 10.6. The molecule has 0 atom stereocenters. The maximum Gasteiger partial charge on any atom is 0.262 e. The molecule has 0 spiro atoms. The zero-order chi connectivity index (χ0) is 13.7. The van der Waals surface area contributed by atoms with Crippen molar-refractivity contribution in [2.45, 2.75) is 6.92 Å². The summed E-state index contributed by atoms with van der Waals surface area (Å²) in [7, 11) is 0. The van der Waals surface area contributed by atoms with Crippen molar-refractivity contribution in [3.05, 3.63) is 54.1 Å². The molecule has 0 fully saturated rings. The van der Waals surface area contributed by atoms with Crippen molar-refractivity contribution in [2.75, 3.05) is 11.9 Å². The van der Waals surface area contributed by atoms with Crippen LogP contribution in [0.4, 0.5) is 5.69 Å². The van der Waals surface area contributed by atoms with Crippen LogP contribution in [0.2, 0.25) is 0 Å². The first-order valence-corrected chi connectivity index (χ1v) is 5.93. The van der Waals surface area contributed by atoms with Gasteiger partial charge < -0.3 is 15.2 Å². The quantitative estimate of drug-likeness (QED) is 0.828. The average molecular weight is 257 g/mol. The molecule has 0 radical (unpaired) electrons. The molecule has 0 aliphatic rings. The van der Waals surface area contributed by atoms with Gasteiger partial charge in [-0.05, 0) is 30.7 Å². The molecule has 2 aromatic carbocycles. The fourth-order valence-electron chi connectivity index (χ4n) is 1.66. The summed E-state index contributed by atoms with van der Waals surface area (Å²) in [4.78, 5) is 11.7. The van der Waals surface area contributed by atoms with E-state index in [-0.39, 0.29) is 18.3 Å². The molecule has 0 saturated carbocycles. The van der Waals surface area contributed by atoms with E-state index in [9.17, 15) is 9.90 Å². The van der Waals surface area contributed by atoms with Crippen LogP contribution in [0.15, 0.2) is 48.5 Å². The Morgan fingerprint density at radius 2 is 1.89 bits per heavy atom. The van der Waals surface area contributed by atoms with Crippen molar-refractivity contribution in [3.8, 4) is 11.5 Å². The minimum Gasteiger partial charge on any atom is -0.506 e. The van der Waals surface area contributed by atoms with Crippen molar-refractivity contribution in [3.63, 3.8) is 0 Å². The highest BCUT2D eigenvalue weighted by Gasteiger charge is 2.09. The van der Waals surface area contributed by atoms with Crippen molar-refractivity contribution in [1.29, 1.82) is 0 Å². The van der Waals surface area contributed by atoms with E-state index >= 15 is 0 Å². The molecule has 98 valence electrons. The van der Waals surface area contributed by atoms with Crippen LogP contribution in [-0.4, -0.2) is 17.6 Å². The summed E-state index contributed by atoms with van der Waals surface area (Å²) < 4.78 is 5.33. The SMILES string of the molecule is Cc1cccc(O)c1NC(=O)COc1ccccc1. The predicted octanol–water partition coefficient (Wildman–Crippen LogP) is 2.72. The van der Waals surface area contributed by atoms with Gasteiger partial charge in [-0.15, -0.1) is 0 Å². The summed E-state index contributed by atoms with van der Waals surface area (Å²) >= 11 is 0. The summed E-state index contributed by atoms with van der Waals surface area (Å²) in [6.45, 7) is 1.71. The van der Waals surface area contributed by atoms with Crippen LogP contribution in [0.3, 0.4) is 0 Å². The van der Waals surface area contributed by atoms with Gasteiger partial charge >= 0.3 is 0 Å². The average Bonchev–Trinajstić information content (AvgIpc) is 2.42. The smallest absolute Gasteiger partial charge is 0.262 e. The van der Waals surface area contributed by atoms with Gasteiger partial charge in [-0.25, -0.2) is 0 Å². The van der Waals surface area contributed by atoms with Gasteiger partial charge in [0.05, 0.1) is 5.69 Å². The van der Waals surface area contributed by atoms with Gasteiger partial charge in [0.1, 0.15) is 11.5 Å². The molecule has 0 aliphatic heterocycles. The molecule has 0 aromatic heterocycles. The second-order valence-electron chi connectivity index (χ2n) is 4.12. The highest BCUT2D eigenvalue weighted by Crippen LogP contribution is 2.26. The molecule has 0 saturated heterocycles. The van der Waals surface area contributed by atoms with E-state index in [0.29, 0.717) is 11.4 Å². The Kier molecular flexibility index (Phi) is 4.03. The van der Waals surface area contributed by atoms with Crippen LogP contribution in [0.5, 0.6) is 11.5 Å². The topological polar surface area (TPSA) is 58.6 Å². The maximum atomic E-state index is 11.7. The number of hydrogen-bond acceptors (Lipinski definition) is 3. The van der Waals surface area contributed by atoms with Crippen LogP contribution in [0.1, 0.15) is 5.56 Å². The van der Waals surface area contributed by atoms with Gasteiger partial charge in [0.25, 0.3) is 5.91 Å². The molecule has 1 amide bonds. The first kappa shape index (κ1) is 13.0. The number of phenols is 1. The van der Waals surface area contributed by atoms with E-state index in [2.05, 4.69) is 5.32 Å². The molecule has 19 heavy (non-hydrogen) atoms. The van der Waals surface area contributed by atoms with Crippen molar-refractivity contribution in [2.24, 2.45) is 0 Å². The molecular weight excluding hydrogens is 242 g/mol. The van der Waals surface area contributed by atoms with Crippen molar-refractivity contribution in [1.82, 2.24) is 0 Å². The molecule has 2 rings (SSSR count). The zero-order valence-electron chi connectivity index (χ0n) is 10.6. The highest BCUT2D eigenvalue weighted by molar-refractivity contribution is 5.94. The van der Waals surface area contributed by atoms with Gasteiger partial charge in [-0.3, -0.25) is 4.79 Å². The lowest BCUT2D eigenvalue weighted by Crippen LogP contribution is -2.20. The minimum atomic E-state index is -0.312.